The molecule has 1 fully saturated rings. The number of carbonyl (C=O) groups excluding carboxylic acids is 1. The van der Waals surface area contributed by atoms with Gasteiger partial charge in [0.2, 0.25) is 0 Å². The average molecular weight is 288 g/mol. The van der Waals surface area contributed by atoms with Crippen molar-refractivity contribution < 1.29 is 23.1 Å². The average Bonchev–Trinajstić information content (AvgIpc) is 3.09. The Balaban J connectivity index is 2.01. The highest BCUT2D eigenvalue weighted by atomic mass is 19.4. The molecule has 20 heavy (non-hydrogen) atoms. The molecule has 7 heteroatoms. The van der Waals surface area contributed by atoms with E-state index in [4.69, 9.17) is 0 Å². The van der Waals surface area contributed by atoms with Crippen molar-refractivity contribution in [1.29, 1.82) is 0 Å². The van der Waals surface area contributed by atoms with Gasteiger partial charge in [-0.25, -0.2) is 4.79 Å². The number of aliphatic hydroxyl groups excluding tert-OH is 1. The van der Waals surface area contributed by atoms with Crippen LogP contribution in [0.1, 0.15) is 31.4 Å². The Morgan fingerprint density at radius 2 is 2.05 bits per heavy atom. The highest BCUT2D eigenvalue weighted by Crippen LogP contribution is 2.48. The normalized spacial score (nSPS) is 18.2. The van der Waals surface area contributed by atoms with Gasteiger partial charge in [-0.05, 0) is 37.5 Å². The predicted octanol–water partition coefficient (Wildman–Crippen LogP) is 2.96. The molecular weight excluding hydrogens is 273 g/mol. The number of nitrogens with one attached hydrogen (secondary N) is 2. The minimum Gasteiger partial charge on any atom is -0.389 e. The first-order chi connectivity index (χ1) is 9.23. The van der Waals surface area contributed by atoms with E-state index in [1.165, 1.54) is 6.07 Å². The minimum atomic E-state index is -4.44. The van der Waals surface area contributed by atoms with Crippen molar-refractivity contribution in [2.75, 3.05) is 5.32 Å². The molecule has 4 nitrogen and oxygen atoms in total. The van der Waals surface area contributed by atoms with E-state index in [9.17, 15) is 23.1 Å². The quantitative estimate of drug-likeness (QED) is 0.800. The van der Waals surface area contributed by atoms with Crippen molar-refractivity contribution in [1.82, 2.24) is 5.32 Å². The van der Waals surface area contributed by atoms with Crippen LogP contribution in [0.4, 0.5) is 23.7 Å². The zero-order valence-electron chi connectivity index (χ0n) is 10.8. The summed E-state index contributed by atoms with van der Waals surface area (Å²) in [4.78, 5) is 11.6. The third-order valence-electron chi connectivity index (χ3n) is 3.27. The summed E-state index contributed by atoms with van der Waals surface area (Å²) in [6.07, 6.45) is -5.36. The SMILES string of the molecule is CC(O)c1cccc(NC(=O)NC2(C(F)(F)F)CC2)c1. The molecule has 1 atom stereocenters. The zero-order valence-corrected chi connectivity index (χ0v) is 10.8. The minimum absolute atomic E-state index is 0.0996. The lowest BCUT2D eigenvalue weighted by molar-refractivity contribution is -0.162. The van der Waals surface area contributed by atoms with Crippen molar-refractivity contribution in [2.45, 2.75) is 37.6 Å². The van der Waals surface area contributed by atoms with Gasteiger partial charge in [0.05, 0.1) is 6.10 Å². The molecule has 0 bridgehead atoms. The first-order valence-corrected chi connectivity index (χ1v) is 6.17. The number of rotatable bonds is 3. The lowest BCUT2D eigenvalue weighted by Crippen LogP contribution is -2.49. The molecule has 0 radical (unpaired) electrons. The van der Waals surface area contributed by atoms with Gasteiger partial charge in [-0.2, -0.15) is 13.2 Å². The second kappa shape index (κ2) is 4.97. The van der Waals surface area contributed by atoms with Crippen molar-refractivity contribution >= 4 is 11.7 Å². The molecule has 1 aliphatic carbocycles. The number of aliphatic hydroxyl groups is 1. The van der Waals surface area contributed by atoms with E-state index in [0.717, 1.165) is 0 Å². The number of anilines is 1. The van der Waals surface area contributed by atoms with Crippen LogP contribution in [0.15, 0.2) is 24.3 Å². The van der Waals surface area contributed by atoms with Gasteiger partial charge in [0.15, 0.2) is 0 Å². The molecule has 0 spiro atoms. The van der Waals surface area contributed by atoms with Crippen molar-refractivity contribution in [3.8, 4) is 0 Å². The molecule has 0 heterocycles. The van der Waals surface area contributed by atoms with Gasteiger partial charge in [-0.1, -0.05) is 12.1 Å². The number of carbonyl (C=O) groups is 1. The molecule has 1 unspecified atom stereocenters. The van der Waals surface area contributed by atoms with Gasteiger partial charge < -0.3 is 15.7 Å². The van der Waals surface area contributed by atoms with Crippen LogP contribution in [0.2, 0.25) is 0 Å². The Kier molecular flexibility index (Phi) is 3.64. The van der Waals surface area contributed by atoms with Crippen molar-refractivity contribution in [3.63, 3.8) is 0 Å². The standard InChI is InChI=1S/C13H15F3N2O2/c1-8(19)9-3-2-4-10(7-9)17-11(20)18-12(5-6-12)13(14,15)16/h2-4,7-8,19H,5-6H2,1H3,(H2,17,18,20). The van der Waals surface area contributed by atoms with Crippen molar-refractivity contribution in [2.24, 2.45) is 0 Å². The van der Waals surface area contributed by atoms with Gasteiger partial charge in [0, 0.05) is 5.69 Å². The summed E-state index contributed by atoms with van der Waals surface area (Å²) in [5.74, 6) is 0. The molecule has 2 rings (SSSR count). The van der Waals surface area contributed by atoms with E-state index in [0.29, 0.717) is 11.3 Å². The van der Waals surface area contributed by atoms with E-state index < -0.39 is 23.9 Å². The number of hydrogen-bond donors (Lipinski definition) is 3. The van der Waals surface area contributed by atoms with Gasteiger partial charge in [0.1, 0.15) is 5.54 Å². The lowest BCUT2D eigenvalue weighted by Gasteiger charge is -2.21. The van der Waals surface area contributed by atoms with Crippen molar-refractivity contribution in [3.05, 3.63) is 29.8 Å². The number of alkyl halides is 3. The van der Waals surface area contributed by atoms with Crippen LogP contribution in [0, 0.1) is 0 Å². The van der Waals surface area contributed by atoms with Gasteiger partial charge in [-0.3, -0.25) is 0 Å². The maximum atomic E-state index is 12.7. The zero-order chi connectivity index (χ0) is 15.0. The maximum Gasteiger partial charge on any atom is 0.411 e. The predicted molar refractivity (Wildman–Crippen MR) is 67.3 cm³/mol. The molecule has 1 aliphatic rings. The van der Waals surface area contributed by atoms with Crippen LogP contribution in [-0.2, 0) is 0 Å². The largest absolute Gasteiger partial charge is 0.411 e. The van der Waals surface area contributed by atoms with E-state index in [1.807, 2.05) is 5.32 Å². The van der Waals surface area contributed by atoms with Crippen LogP contribution in [0.3, 0.4) is 0 Å². The molecule has 1 aromatic carbocycles. The second-order valence-corrected chi connectivity index (χ2v) is 4.96. The lowest BCUT2D eigenvalue weighted by atomic mass is 10.1. The Morgan fingerprint density at radius 3 is 2.55 bits per heavy atom. The Hall–Kier alpha value is -1.76. The summed E-state index contributed by atoms with van der Waals surface area (Å²) < 4.78 is 38.1. The molecule has 110 valence electrons. The number of hydrogen-bond acceptors (Lipinski definition) is 2. The highest BCUT2D eigenvalue weighted by molar-refractivity contribution is 5.90. The molecule has 3 N–H and O–H groups in total. The monoisotopic (exact) mass is 288 g/mol. The fourth-order valence-electron chi connectivity index (χ4n) is 1.86. The number of urea groups is 1. The van der Waals surface area contributed by atoms with E-state index in [2.05, 4.69) is 5.32 Å². The van der Waals surface area contributed by atoms with Gasteiger partial charge in [-0.15, -0.1) is 0 Å². The smallest absolute Gasteiger partial charge is 0.389 e. The summed E-state index contributed by atoms with van der Waals surface area (Å²) >= 11 is 0. The Labute approximate surface area is 114 Å². The van der Waals surface area contributed by atoms with Crippen LogP contribution in [0.5, 0.6) is 0 Å². The highest BCUT2D eigenvalue weighted by Gasteiger charge is 2.64. The molecule has 0 aromatic heterocycles. The summed E-state index contributed by atoms with van der Waals surface area (Å²) in [5.41, 5.74) is -1.18. The molecule has 0 saturated heterocycles. The van der Waals surface area contributed by atoms with Gasteiger partial charge >= 0.3 is 12.2 Å². The van der Waals surface area contributed by atoms with Crippen LogP contribution < -0.4 is 10.6 Å². The topological polar surface area (TPSA) is 61.4 Å². The van der Waals surface area contributed by atoms with Crippen LogP contribution in [-0.4, -0.2) is 22.9 Å². The fraction of sp³-hybridized carbons (Fsp3) is 0.462. The first-order valence-electron chi connectivity index (χ1n) is 6.17. The molecule has 0 aliphatic heterocycles. The molecule has 1 aromatic rings. The third kappa shape index (κ3) is 3.04. The molecular formula is C13H15F3N2O2. The fourth-order valence-corrected chi connectivity index (χ4v) is 1.86. The van der Waals surface area contributed by atoms with Crippen LogP contribution in [0.25, 0.3) is 0 Å². The number of halogens is 3. The summed E-state index contributed by atoms with van der Waals surface area (Å²) in [6.45, 7) is 1.56. The summed E-state index contributed by atoms with van der Waals surface area (Å²) in [6, 6.07) is 5.42. The van der Waals surface area contributed by atoms with E-state index >= 15 is 0 Å². The number of amides is 2. The Bertz CT molecular complexity index is 511. The third-order valence-corrected chi connectivity index (χ3v) is 3.27. The number of benzene rings is 1. The van der Waals surface area contributed by atoms with E-state index in [1.54, 1.807) is 25.1 Å². The summed E-state index contributed by atoms with van der Waals surface area (Å²) in [5, 5.41) is 13.7. The molecule has 2 amide bonds. The van der Waals surface area contributed by atoms with Crippen LogP contribution >= 0.6 is 0 Å². The van der Waals surface area contributed by atoms with E-state index in [-0.39, 0.29) is 12.8 Å². The molecule has 1 saturated carbocycles. The maximum absolute atomic E-state index is 12.7. The Morgan fingerprint density at radius 1 is 1.40 bits per heavy atom. The second-order valence-electron chi connectivity index (χ2n) is 4.96. The van der Waals surface area contributed by atoms with Gasteiger partial charge in [0.25, 0.3) is 0 Å². The first kappa shape index (κ1) is 14.6. The summed E-state index contributed by atoms with van der Waals surface area (Å²) in [7, 11) is 0.